The fraction of sp³-hybridized carbons (Fsp3) is 0.417. The number of halogens is 1. The van der Waals surface area contributed by atoms with E-state index in [1.54, 1.807) is 20.8 Å². The van der Waals surface area contributed by atoms with Crippen molar-refractivity contribution in [2.24, 2.45) is 5.90 Å². The first-order chi connectivity index (χ1) is 8.31. The van der Waals surface area contributed by atoms with Crippen LogP contribution in [-0.2, 0) is 16.2 Å². The van der Waals surface area contributed by atoms with Gasteiger partial charge in [0.2, 0.25) is 0 Å². The van der Waals surface area contributed by atoms with E-state index in [9.17, 15) is 9.18 Å². The van der Waals surface area contributed by atoms with Gasteiger partial charge in [-0.1, -0.05) is 0 Å². The number of hydrogen-bond donors (Lipinski definition) is 2. The minimum atomic E-state index is -0.618. The van der Waals surface area contributed by atoms with E-state index in [0.717, 1.165) is 0 Å². The van der Waals surface area contributed by atoms with Gasteiger partial charge in [0.25, 0.3) is 0 Å². The molecule has 0 aromatic heterocycles. The fourth-order valence-electron chi connectivity index (χ4n) is 1.31. The topological polar surface area (TPSA) is 73.6 Å². The summed E-state index contributed by atoms with van der Waals surface area (Å²) in [5.74, 6) is 4.51. The van der Waals surface area contributed by atoms with Gasteiger partial charge in [0, 0.05) is 11.3 Å². The molecule has 0 bridgehead atoms. The number of carbonyl (C=O) groups is 1. The van der Waals surface area contributed by atoms with Crippen LogP contribution in [0.3, 0.4) is 0 Å². The number of rotatable bonds is 3. The smallest absolute Gasteiger partial charge is 0.412 e. The summed E-state index contributed by atoms with van der Waals surface area (Å²) < 4.78 is 18.1. The number of nitrogens with two attached hydrogens (primary N) is 1. The van der Waals surface area contributed by atoms with Gasteiger partial charge in [0.1, 0.15) is 11.4 Å². The summed E-state index contributed by atoms with van der Waals surface area (Å²) in [6, 6.07) is 3.89. The lowest BCUT2D eigenvalue weighted by Gasteiger charge is -2.20. The Morgan fingerprint density at radius 1 is 1.44 bits per heavy atom. The summed E-state index contributed by atoms with van der Waals surface area (Å²) in [6.45, 7) is 5.24. The summed E-state index contributed by atoms with van der Waals surface area (Å²) in [6.07, 6.45) is -0.618. The monoisotopic (exact) mass is 256 g/mol. The van der Waals surface area contributed by atoms with Gasteiger partial charge in [-0.25, -0.2) is 15.1 Å². The summed E-state index contributed by atoms with van der Waals surface area (Å²) in [5.41, 5.74) is 0.230. The molecular formula is C12H17FN2O3. The number of nitrogens with one attached hydrogen (secondary N) is 1. The fourth-order valence-corrected chi connectivity index (χ4v) is 1.31. The zero-order valence-electron chi connectivity index (χ0n) is 10.6. The molecule has 0 saturated heterocycles. The van der Waals surface area contributed by atoms with Crippen molar-refractivity contribution >= 4 is 11.8 Å². The Labute approximate surface area is 105 Å². The molecule has 0 aliphatic rings. The molecule has 0 fully saturated rings. The zero-order valence-corrected chi connectivity index (χ0v) is 10.6. The van der Waals surface area contributed by atoms with E-state index in [2.05, 4.69) is 10.2 Å². The molecule has 6 heteroatoms. The predicted octanol–water partition coefficient (Wildman–Crippen LogP) is 2.56. The van der Waals surface area contributed by atoms with Crippen LogP contribution in [0.15, 0.2) is 18.2 Å². The number of benzene rings is 1. The summed E-state index contributed by atoms with van der Waals surface area (Å²) >= 11 is 0. The Morgan fingerprint density at radius 3 is 2.67 bits per heavy atom. The maximum atomic E-state index is 13.0. The van der Waals surface area contributed by atoms with Crippen molar-refractivity contribution in [1.29, 1.82) is 0 Å². The summed E-state index contributed by atoms with van der Waals surface area (Å²) in [4.78, 5) is 16.0. The molecule has 0 unspecified atom stereocenters. The van der Waals surface area contributed by atoms with Crippen molar-refractivity contribution in [2.45, 2.75) is 33.0 Å². The lowest BCUT2D eigenvalue weighted by atomic mass is 10.2. The molecule has 1 aromatic carbocycles. The van der Waals surface area contributed by atoms with Crippen LogP contribution in [0.4, 0.5) is 14.9 Å². The standard InChI is InChI=1S/C12H17FN2O3/c1-12(2,3)18-11(16)15-10-5-4-9(13)6-8(10)7-17-14/h4-6H,7,14H2,1-3H3,(H,15,16). The minimum Gasteiger partial charge on any atom is -0.444 e. The van der Waals surface area contributed by atoms with Gasteiger partial charge in [-0.15, -0.1) is 0 Å². The van der Waals surface area contributed by atoms with E-state index < -0.39 is 17.5 Å². The molecule has 1 aromatic rings. The molecule has 3 N–H and O–H groups in total. The molecule has 0 radical (unpaired) electrons. The molecular weight excluding hydrogens is 239 g/mol. The Balaban J connectivity index is 2.80. The van der Waals surface area contributed by atoms with Crippen LogP contribution in [0.2, 0.25) is 0 Å². The first-order valence-corrected chi connectivity index (χ1v) is 5.42. The first-order valence-electron chi connectivity index (χ1n) is 5.42. The molecule has 1 rings (SSSR count). The van der Waals surface area contributed by atoms with Crippen molar-refractivity contribution in [3.05, 3.63) is 29.6 Å². The van der Waals surface area contributed by atoms with Crippen molar-refractivity contribution in [1.82, 2.24) is 0 Å². The molecule has 0 atom stereocenters. The normalized spacial score (nSPS) is 11.2. The van der Waals surface area contributed by atoms with E-state index in [0.29, 0.717) is 11.3 Å². The third kappa shape index (κ3) is 4.68. The van der Waals surface area contributed by atoms with E-state index in [1.165, 1.54) is 18.2 Å². The molecule has 0 aliphatic carbocycles. The molecule has 0 saturated carbocycles. The highest BCUT2D eigenvalue weighted by atomic mass is 19.1. The zero-order chi connectivity index (χ0) is 13.8. The van der Waals surface area contributed by atoms with Crippen LogP contribution < -0.4 is 11.2 Å². The van der Waals surface area contributed by atoms with E-state index >= 15 is 0 Å². The van der Waals surface area contributed by atoms with Crippen LogP contribution in [0.1, 0.15) is 26.3 Å². The van der Waals surface area contributed by atoms with E-state index in [4.69, 9.17) is 10.6 Å². The quantitative estimate of drug-likeness (QED) is 0.815. The predicted molar refractivity (Wildman–Crippen MR) is 65.2 cm³/mol. The molecule has 18 heavy (non-hydrogen) atoms. The number of anilines is 1. The van der Waals surface area contributed by atoms with Gasteiger partial charge in [-0.05, 0) is 39.0 Å². The minimum absolute atomic E-state index is 0.0110. The highest BCUT2D eigenvalue weighted by Gasteiger charge is 2.17. The summed E-state index contributed by atoms with van der Waals surface area (Å²) in [7, 11) is 0. The average Bonchev–Trinajstić information content (AvgIpc) is 2.20. The number of ether oxygens (including phenoxy) is 1. The molecule has 5 nitrogen and oxygen atoms in total. The molecule has 0 spiro atoms. The van der Waals surface area contributed by atoms with Crippen molar-refractivity contribution in [3.63, 3.8) is 0 Å². The van der Waals surface area contributed by atoms with Crippen LogP contribution in [0.25, 0.3) is 0 Å². The number of hydrogen-bond acceptors (Lipinski definition) is 4. The van der Waals surface area contributed by atoms with Crippen LogP contribution in [-0.4, -0.2) is 11.7 Å². The SMILES string of the molecule is CC(C)(C)OC(=O)Nc1ccc(F)cc1CON. The lowest BCUT2D eigenvalue weighted by molar-refractivity contribution is 0.0635. The van der Waals surface area contributed by atoms with Crippen LogP contribution in [0.5, 0.6) is 0 Å². The average molecular weight is 256 g/mol. The highest BCUT2D eigenvalue weighted by Crippen LogP contribution is 2.19. The Kier molecular flexibility index (Phi) is 4.63. The number of carbonyl (C=O) groups excluding carboxylic acids is 1. The van der Waals surface area contributed by atoms with Gasteiger partial charge in [0.15, 0.2) is 0 Å². The summed E-state index contributed by atoms with van der Waals surface area (Å²) in [5, 5.41) is 2.52. The second kappa shape index (κ2) is 5.79. The lowest BCUT2D eigenvalue weighted by Crippen LogP contribution is -2.27. The maximum absolute atomic E-state index is 13.0. The highest BCUT2D eigenvalue weighted by molar-refractivity contribution is 5.85. The Hall–Kier alpha value is -1.66. The molecule has 100 valence electrons. The van der Waals surface area contributed by atoms with Crippen molar-refractivity contribution < 1.29 is 18.8 Å². The maximum Gasteiger partial charge on any atom is 0.412 e. The first kappa shape index (κ1) is 14.4. The Bertz CT molecular complexity index is 430. The number of amides is 1. The van der Waals surface area contributed by atoms with Gasteiger partial charge in [0.05, 0.1) is 6.61 Å². The van der Waals surface area contributed by atoms with Gasteiger partial charge in [-0.3, -0.25) is 10.2 Å². The van der Waals surface area contributed by atoms with E-state index in [1.807, 2.05) is 0 Å². The van der Waals surface area contributed by atoms with Gasteiger partial charge >= 0.3 is 6.09 Å². The van der Waals surface area contributed by atoms with Crippen LogP contribution >= 0.6 is 0 Å². The molecule has 1 amide bonds. The molecule has 0 aliphatic heterocycles. The van der Waals surface area contributed by atoms with Gasteiger partial charge < -0.3 is 4.74 Å². The third-order valence-corrected chi connectivity index (χ3v) is 1.94. The van der Waals surface area contributed by atoms with Crippen molar-refractivity contribution in [3.8, 4) is 0 Å². The molecule has 0 heterocycles. The second-order valence-electron chi connectivity index (χ2n) is 4.74. The van der Waals surface area contributed by atoms with Gasteiger partial charge in [-0.2, -0.15) is 0 Å². The largest absolute Gasteiger partial charge is 0.444 e. The second-order valence-corrected chi connectivity index (χ2v) is 4.74. The Morgan fingerprint density at radius 2 is 2.11 bits per heavy atom. The van der Waals surface area contributed by atoms with Crippen molar-refractivity contribution in [2.75, 3.05) is 5.32 Å². The third-order valence-electron chi connectivity index (χ3n) is 1.94. The van der Waals surface area contributed by atoms with Crippen LogP contribution in [0, 0.1) is 5.82 Å². The van der Waals surface area contributed by atoms with E-state index in [-0.39, 0.29) is 6.61 Å².